The molecule has 2 aliphatic heterocycles. The van der Waals surface area contributed by atoms with Gasteiger partial charge < -0.3 is 18.6 Å². The van der Waals surface area contributed by atoms with E-state index in [1.54, 1.807) is 0 Å². The van der Waals surface area contributed by atoms with Crippen molar-refractivity contribution < 1.29 is 28.2 Å². The van der Waals surface area contributed by atoms with Crippen molar-refractivity contribution in [2.24, 2.45) is 0 Å². The van der Waals surface area contributed by atoms with Crippen LogP contribution < -0.4 is 0 Å². The fourth-order valence-electron chi connectivity index (χ4n) is 3.76. The third-order valence-corrected chi connectivity index (χ3v) is 11.6. The first-order valence-corrected chi connectivity index (χ1v) is 14.7. The molecule has 0 N–H and O–H groups in total. The summed E-state index contributed by atoms with van der Waals surface area (Å²) >= 11 is 6.80. The first kappa shape index (κ1) is 26.2. The Morgan fingerprint density at radius 2 is 1.88 bits per heavy atom. The Hall–Kier alpha value is -1.45. The van der Waals surface area contributed by atoms with Crippen LogP contribution in [0.5, 0.6) is 0 Å². The monoisotopic (exact) mass is 497 g/mol. The Morgan fingerprint density at radius 3 is 2.42 bits per heavy atom. The van der Waals surface area contributed by atoms with Crippen molar-refractivity contribution in [3.8, 4) is 0 Å². The first-order valence-electron chi connectivity index (χ1n) is 11.4. The van der Waals surface area contributed by atoms with Crippen LogP contribution in [0.25, 0.3) is 0 Å². The number of hydrogen-bond acceptors (Lipinski definition) is 6. The number of halogens is 1. The second kappa shape index (κ2) is 9.66. The maximum absolute atomic E-state index is 13.6. The maximum Gasteiger partial charge on any atom is 0.417 e. The molecule has 0 spiro atoms. The molecule has 2 saturated heterocycles. The number of imide groups is 1. The Morgan fingerprint density at radius 1 is 1.24 bits per heavy atom. The molecule has 4 atom stereocenters. The van der Waals surface area contributed by atoms with Crippen LogP contribution in [-0.2, 0) is 29.9 Å². The molecule has 3 rings (SSSR count). The molecule has 2 aliphatic rings. The van der Waals surface area contributed by atoms with Crippen molar-refractivity contribution in [1.29, 1.82) is 0 Å². The number of cyclic esters (lactones) is 1. The topological polar surface area (TPSA) is 74.3 Å². The van der Waals surface area contributed by atoms with Crippen molar-refractivity contribution in [2.45, 2.75) is 88.6 Å². The molecule has 2 heterocycles. The van der Waals surface area contributed by atoms with Crippen molar-refractivity contribution >= 4 is 31.9 Å². The second-order valence-corrected chi connectivity index (χ2v) is 16.0. The smallest absolute Gasteiger partial charge is 0.417 e. The van der Waals surface area contributed by atoms with E-state index in [4.69, 9.17) is 30.2 Å². The third-order valence-electron chi connectivity index (χ3n) is 6.67. The van der Waals surface area contributed by atoms with Gasteiger partial charge in [-0.2, -0.15) is 0 Å². The summed E-state index contributed by atoms with van der Waals surface area (Å²) in [4.78, 5) is 27.3. The Bertz CT molecular complexity index is 856. The fourth-order valence-corrected chi connectivity index (χ4v) is 5.49. The van der Waals surface area contributed by atoms with Gasteiger partial charge in [-0.25, -0.2) is 9.69 Å². The summed E-state index contributed by atoms with van der Waals surface area (Å²) in [5.41, 5.74) is 1.01. The van der Waals surface area contributed by atoms with Gasteiger partial charge in [0, 0.05) is 0 Å². The summed E-state index contributed by atoms with van der Waals surface area (Å²) < 4.78 is 23.7. The number of alkyl halides is 1. The van der Waals surface area contributed by atoms with E-state index in [0.717, 1.165) is 10.5 Å². The number of nitrogens with zero attached hydrogens (tertiary/aromatic N) is 1. The molecular weight excluding hydrogens is 462 g/mol. The average Bonchev–Trinajstić information content (AvgIpc) is 3.26. The van der Waals surface area contributed by atoms with E-state index >= 15 is 0 Å². The number of benzene rings is 1. The molecule has 1 aromatic carbocycles. The SMILES string of the molecule is CC1(C)OC[C@H]([C@@H](O[Si](C)(C)C(C)(C)C)[C@H](Cl)C(=O)N2C(=O)OC[C@@H]2Cc2ccccc2)O1. The van der Waals surface area contributed by atoms with Gasteiger partial charge in [-0.15, -0.1) is 11.6 Å². The quantitative estimate of drug-likeness (QED) is 0.400. The zero-order valence-corrected chi connectivity index (χ0v) is 22.3. The largest absolute Gasteiger partial charge is 0.447 e. The minimum Gasteiger partial charge on any atom is -0.447 e. The molecule has 33 heavy (non-hydrogen) atoms. The molecule has 0 aliphatic carbocycles. The van der Waals surface area contributed by atoms with Crippen LogP contribution >= 0.6 is 11.6 Å². The molecule has 0 aromatic heterocycles. The second-order valence-electron chi connectivity index (χ2n) is 10.7. The van der Waals surface area contributed by atoms with Crippen LogP contribution in [0.1, 0.15) is 40.2 Å². The zero-order valence-electron chi connectivity index (χ0n) is 20.6. The molecule has 9 heteroatoms. The molecule has 7 nitrogen and oxygen atoms in total. The van der Waals surface area contributed by atoms with Gasteiger partial charge in [-0.05, 0) is 44.0 Å². The molecule has 0 radical (unpaired) electrons. The molecule has 2 fully saturated rings. The Kier molecular flexibility index (Phi) is 7.66. The fraction of sp³-hybridized carbons (Fsp3) is 0.667. The molecule has 0 unspecified atom stereocenters. The number of carbonyl (C=O) groups is 2. The summed E-state index contributed by atoms with van der Waals surface area (Å²) in [6.07, 6.45) is -1.49. The van der Waals surface area contributed by atoms with Gasteiger partial charge in [0.2, 0.25) is 0 Å². The van der Waals surface area contributed by atoms with Crippen LogP contribution in [0.4, 0.5) is 4.79 Å². The van der Waals surface area contributed by atoms with Crippen molar-refractivity contribution in [3.05, 3.63) is 35.9 Å². The average molecular weight is 498 g/mol. The van der Waals surface area contributed by atoms with Gasteiger partial charge in [-0.1, -0.05) is 51.1 Å². The van der Waals surface area contributed by atoms with Crippen LogP contribution in [0.2, 0.25) is 18.1 Å². The van der Waals surface area contributed by atoms with Gasteiger partial charge in [0.15, 0.2) is 14.1 Å². The highest BCUT2D eigenvalue weighted by Gasteiger charge is 2.51. The van der Waals surface area contributed by atoms with Crippen molar-refractivity contribution in [3.63, 3.8) is 0 Å². The number of rotatable bonds is 7. The summed E-state index contributed by atoms with van der Waals surface area (Å²) in [6.45, 7) is 14.5. The van der Waals surface area contributed by atoms with Gasteiger partial charge in [0.25, 0.3) is 5.91 Å². The van der Waals surface area contributed by atoms with Gasteiger partial charge in [-0.3, -0.25) is 4.79 Å². The standard InChI is InChI=1S/C24H36ClNO6Si/c1-23(2,3)33(6,7)32-20(18-15-30-24(4,5)31-18)19(25)21(27)26-17(14-29-22(26)28)13-16-11-9-8-10-12-16/h8-12,17-20H,13-15H2,1-7H3/t17-,18+,19-,20+/m0/s1. The maximum atomic E-state index is 13.6. The molecule has 0 saturated carbocycles. The van der Waals surface area contributed by atoms with Crippen LogP contribution in [-0.4, -0.2) is 67.8 Å². The zero-order chi connectivity index (χ0) is 24.6. The van der Waals surface area contributed by atoms with Crippen molar-refractivity contribution in [1.82, 2.24) is 4.90 Å². The van der Waals surface area contributed by atoms with E-state index in [9.17, 15) is 9.59 Å². The molecule has 1 aromatic rings. The Labute approximate surface area is 202 Å². The normalized spacial score (nSPS) is 25.1. The molecule has 184 valence electrons. The minimum atomic E-state index is -2.33. The summed E-state index contributed by atoms with van der Waals surface area (Å²) in [6, 6.07) is 9.25. The van der Waals surface area contributed by atoms with E-state index in [1.807, 2.05) is 44.2 Å². The van der Waals surface area contributed by atoms with Crippen LogP contribution in [0, 0.1) is 0 Å². The van der Waals surface area contributed by atoms with Crippen LogP contribution in [0.3, 0.4) is 0 Å². The van der Waals surface area contributed by atoms with E-state index < -0.39 is 49.7 Å². The molecule has 2 amide bonds. The lowest BCUT2D eigenvalue weighted by Crippen LogP contribution is -2.56. The predicted octanol–water partition coefficient (Wildman–Crippen LogP) is 4.73. The van der Waals surface area contributed by atoms with E-state index in [1.165, 1.54) is 0 Å². The highest BCUT2D eigenvalue weighted by Crippen LogP contribution is 2.40. The minimum absolute atomic E-state index is 0.109. The number of ether oxygens (including phenoxy) is 3. The van der Waals surface area contributed by atoms with Gasteiger partial charge in [0.05, 0.1) is 18.8 Å². The van der Waals surface area contributed by atoms with E-state index in [0.29, 0.717) is 6.42 Å². The van der Waals surface area contributed by atoms with E-state index in [-0.39, 0.29) is 18.3 Å². The summed E-state index contributed by atoms with van der Waals surface area (Å²) in [7, 11) is -2.33. The lowest BCUT2D eigenvalue weighted by molar-refractivity contribution is -0.153. The van der Waals surface area contributed by atoms with Crippen molar-refractivity contribution in [2.75, 3.05) is 13.2 Å². The Balaban J connectivity index is 1.85. The highest BCUT2D eigenvalue weighted by molar-refractivity contribution is 6.74. The number of amides is 2. The lowest BCUT2D eigenvalue weighted by atomic mass is 10.0. The first-order chi connectivity index (χ1) is 15.2. The third kappa shape index (κ3) is 5.97. The highest BCUT2D eigenvalue weighted by atomic mass is 35.5. The molecular formula is C24H36ClNO6Si. The lowest BCUT2D eigenvalue weighted by Gasteiger charge is -2.42. The van der Waals surface area contributed by atoms with Gasteiger partial charge >= 0.3 is 6.09 Å². The molecule has 0 bridgehead atoms. The summed E-state index contributed by atoms with van der Waals surface area (Å²) in [5.74, 6) is -1.33. The van der Waals surface area contributed by atoms with E-state index in [2.05, 4.69) is 33.9 Å². The summed E-state index contributed by atoms with van der Waals surface area (Å²) in [5, 5.41) is -1.24. The predicted molar refractivity (Wildman–Crippen MR) is 129 cm³/mol. The number of hydrogen-bond donors (Lipinski definition) is 0. The van der Waals surface area contributed by atoms with Gasteiger partial charge in [0.1, 0.15) is 18.1 Å². The number of carbonyl (C=O) groups excluding carboxylic acids is 2. The van der Waals surface area contributed by atoms with Crippen LogP contribution in [0.15, 0.2) is 30.3 Å².